The van der Waals surface area contributed by atoms with Crippen LogP contribution in [-0.2, 0) is 4.79 Å². The maximum atomic E-state index is 12.1. The highest BCUT2D eigenvalue weighted by Gasteiger charge is 2.18. The minimum atomic E-state index is -0.639. The Balaban J connectivity index is 2.73. The van der Waals surface area contributed by atoms with E-state index in [2.05, 4.69) is 16.0 Å². The fraction of sp³-hybridized carbons (Fsp3) is 0.529. The van der Waals surface area contributed by atoms with Gasteiger partial charge in [-0.25, -0.2) is 4.79 Å². The number of anilines is 1. The lowest BCUT2D eigenvalue weighted by molar-refractivity contribution is -0.123. The summed E-state index contributed by atoms with van der Waals surface area (Å²) < 4.78 is 10.4. The second-order valence-electron chi connectivity index (χ2n) is 5.66. The molecule has 0 radical (unpaired) electrons. The summed E-state index contributed by atoms with van der Waals surface area (Å²) >= 11 is 0. The van der Waals surface area contributed by atoms with Crippen molar-refractivity contribution in [2.24, 2.45) is 0 Å². The largest absolute Gasteiger partial charge is 0.493 e. The molecule has 0 aliphatic carbocycles. The van der Waals surface area contributed by atoms with Crippen molar-refractivity contribution in [1.82, 2.24) is 10.6 Å². The van der Waals surface area contributed by atoms with Crippen LogP contribution in [-0.4, -0.2) is 38.2 Å². The normalized spacial score (nSPS) is 12.8. The molecule has 1 rings (SSSR count). The number of ether oxygens (including phenoxy) is 2. The number of hydrogen-bond donors (Lipinski definition) is 3. The molecule has 0 spiro atoms. The zero-order valence-electron chi connectivity index (χ0n) is 15.1. The summed E-state index contributed by atoms with van der Waals surface area (Å²) in [5, 5.41) is 8.17. The molecule has 24 heavy (non-hydrogen) atoms. The molecule has 1 aromatic rings. The first-order valence-corrected chi connectivity index (χ1v) is 7.92. The predicted octanol–water partition coefficient (Wildman–Crippen LogP) is 2.44. The van der Waals surface area contributed by atoms with Crippen molar-refractivity contribution in [2.45, 2.75) is 46.2 Å². The maximum Gasteiger partial charge on any atom is 0.319 e. The van der Waals surface area contributed by atoms with Gasteiger partial charge in [-0.2, -0.15) is 0 Å². The molecule has 0 aromatic heterocycles. The van der Waals surface area contributed by atoms with Gasteiger partial charge in [-0.1, -0.05) is 6.92 Å². The van der Waals surface area contributed by atoms with Crippen LogP contribution >= 0.6 is 0 Å². The van der Waals surface area contributed by atoms with Crippen molar-refractivity contribution in [2.75, 3.05) is 19.5 Å². The lowest BCUT2D eigenvalue weighted by atomic mass is 10.1. The molecule has 2 atom stereocenters. The molecule has 0 saturated heterocycles. The summed E-state index contributed by atoms with van der Waals surface area (Å²) in [6.45, 7) is 7.38. The van der Waals surface area contributed by atoms with Crippen molar-refractivity contribution in [3.05, 3.63) is 17.7 Å². The zero-order chi connectivity index (χ0) is 18.3. The van der Waals surface area contributed by atoms with Gasteiger partial charge in [-0.3, -0.25) is 4.79 Å². The lowest BCUT2D eigenvalue weighted by Crippen LogP contribution is -2.48. The van der Waals surface area contributed by atoms with Crippen LogP contribution < -0.4 is 25.4 Å². The monoisotopic (exact) mass is 337 g/mol. The van der Waals surface area contributed by atoms with Gasteiger partial charge in [0.15, 0.2) is 11.5 Å². The molecule has 0 saturated carbocycles. The number of benzene rings is 1. The maximum absolute atomic E-state index is 12.1. The average Bonchev–Trinajstić information content (AvgIpc) is 2.55. The van der Waals surface area contributed by atoms with Crippen molar-refractivity contribution < 1.29 is 19.1 Å². The topological polar surface area (TPSA) is 88.7 Å². The molecule has 7 heteroatoms. The van der Waals surface area contributed by atoms with E-state index >= 15 is 0 Å². The number of hydrogen-bond acceptors (Lipinski definition) is 4. The molecule has 3 N–H and O–H groups in total. The van der Waals surface area contributed by atoms with Gasteiger partial charge in [0.1, 0.15) is 6.04 Å². The smallest absolute Gasteiger partial charge is 0.319 e. The molecule has 0 aliphatic rings. The van der Waals surface area contributed by atoms with Gasteiger partial charge >= 0.3 is 6.03 Å². The van der Waals surface area contributed by atoms with E-state index in [1.807, 2.05) is 20.8 Å². The predicted molar refractivity (Wildman–Crippen MR) is 93.8 cm³/mol. The summed E-state index contributed by atoms with van der Waals surface area (Å²) in [6.07, 6.45) is 0.829. The molecular weight excluding hydrogens is 310 g/mol. The number of carbonyl (C=O) groups excluding carboxylic acids is 2. The van der Waals surface area contributed by atoms with E-state index in [1.54, 1.807) is 26.2 Å². The van der Waals surface area contributed by atoms with Crippen LogP contribution in [0.15, 0.2) is 12.1 Å². The fourth-order valence-corrected chi connectivity index (χ4v) is 2.01. The summed E-state index contributed by atoms with van der Waals surface area (Å²) in [6, 6.07) is 2.42. The van der Waals surface area contributed by atoms with Gasteiger partial charge < -0.3 is 25.4 Å². The second kappa shape index (κ2) is 9.00. The Labute approximate surface area is 143 Å². The Kier molecular flexibility index (Phi) is 7.35. The van der Waals surface area contributed by atoms with E-state index in [0.717, 1.165) is 12.0 Å². The van der Waals surface area contributed by atoms with E-state index in [-0.39, 0.29) is 11.9 Å². The lowest BCUT2D eigenvalue weighted by Gasteiger charge is -2.18. The van der Waals surface area contributed by atoms with Gasteiger partial charge in [0.25, 0.3) is 0 Å². The minimum Gasteiger partial charge on any atom is -0.493 e. The van der Waals surface area contributed by atoms with E-state index < -0.39 is 12.1 Å². The molecule has 134 valence electrons. The third kappa shape index (κ3) is 5.33. The molecule has 0 fully saturated rings. The van der Waals surface area contributed by atoms with Gasteiger partial charge in [-0.05, 0) is 38.8 Å². The van der Waals surface area contributed by atoms with Crippen LogP contribution in [0.5, 0.6) is 11.5 Å². The average molecular weight is 337 g/mol. The highest BCUT2D eigenvalue weighted by Crippen LogP contribution is 2.32. The van der Waals surface area contributed by atoms with Crippen LogP contribution in [0.4, 0.5) is 10.5 Å². The SMILES string of the molecule is CCC(C)NC(=O)C(C)NC(=O)Nc1cc(OC)c(OC)cc1C. The van der Waals surface area contributed by atoms with Crippen molar-refractivity contribution in [3.8, 4) is 11.5 Å². The Bertz CT molecular complexity index is 589. The van der Waals surface area contributed by atoms with E-state index in [9.17, 15) is 9.59 Å². The third-order valence-electron chi connectivity index (χ3n) is 3.72. The van der Waals surface area contributed by atoms with Gasteiger partial charge in [-0.15, -0.1) is 0 Å². The second-order valence-corrected chi connectivity index (χ2v) is 5.66. The molecular formula is C17H27N3O4. The van der Waals surface area contributed by atoms with E-state index in [1.165, 1.54) is 7.11 Å². The van der Waals surface area contributed by atoms with E-state index in [4.69, 9.17) is 9.47 Å². The third-order valence-corrected chi connectivity index (χ3v) is 3.72. The quantitative estimate of drug-likeness (QED) is 0.713. The number of nitrogens with one attached hydrogen (secondary N) is 3. The minimum absolute atomic E-state index is 0.0675. The van der Waals surface area contributed by atoms with Crippen LogP contribution in [0.1, 0.15) is 32.8 Å². The number of urea groups is 1. The van der Waals surface area contributed by atoms with Gasteiger partial charge in [0, 0.05) is 17.8 Å². The van der Waals surface area contributed by atoms with Crippen LogP contribution in [0, 0.1) is 6.92 Å². The summed E-state index contributed by atoms with van der Waals surface area (Å²) in [4.78, 5) is 24.1. The zero-order valence-corrected chi connectivity index (χ0v) is 15.1. The molecule has 0 bridgehead atoms. The van der Waals surface area contributed by atoms with Crippen molar-refractivity contribution in [1.29, 1.82) is 0 Å². The Morgan fingerprint density at radius 2 is 1.67 bits per heavy atom. The Hall–Kier alpha value is -2.44. The summed E-state index contributed by atoms with van der Waals surface area (Å²) in [5.41, 5.74) is 1.40. The van der Waals surface area contributed by atoms with Crippen LogP contribution in [0.25, 0.3) is 0 Å². The first-order chi connectivity index (χ1) is 11.3. The molecule has 3 amide bonds. The Morgan fingerprint density at radius 3 is 2.21 bits per heavy atom. The summed E-state index contributed by atoms with van der Waals surface area (Å²) in [5.74, 6) is 0.881. The Morgan fingerprint density at radius 1 is 1.08 bits per heavy atom. The van der Waals surface area contributed by atoms with Crippen molar-refractivity contribution in [3.63, 3.8) is 0 Å². The first kappa shape index (κ1) is 19.6. The van der Waals surface area contributed by atoms with E-state index in [0.29, 0.717) is 17.2 Å². The van der Waals surface area contributed by atoms with Crippen LogP contribution in [0.3, 0.4) is 0 Å². The number of carbonyl (C=O) groups is 2. The summed E-state index contributed by atoms with van der Waals surface area (Å²) in [7, 11) is 3.08. The number of methoxy groups -OCH3 is 2. The first-order valence-electron chi connectivity index (χ1n) is 7.92. The molecule has 0 heterocycles. The highest BCUT2D eigenvalue weighted by atomic mass is 16.5. The molecule has 7 nitrogen and oxygen atoms in total. The molecule has 0 aliphatic heterocycles. The van der Waals surface area contributed by atoms with Crippen molar-refractivity contribution >= 4 is 17.6 Å². The number of amides is 3. The standard InChI is InChI=1S/C17H27N3O4/c1-7-11(3)18-16(21)12(4)19-17(22)20-13-9-15(24-6)14(23-5)8-10(13)2/h8-9,11-12H,7H2,1-6H3,(H,18,21)(H2,19,20,22). The number of rotatable bonds is 7. The fourth-order valence-electron chi connectivity index (χ4n) is 2.01. The molecule has 2 unspecified atom stereocenters. The molecule has 1 aromatic carbocycles. The number of aryl methyl sites for hydroxylation is 1. The van der Waals surface area contributed by atoms with Crippen LogP contribution in [0.2, 0.25) is 0 Å². The van der Waals surface area contributed by atoms with Gasteiger partial charge in [0.2, 0.25) is 5.91 Å². The highest BCUT2D eigenvalue weighted by molar-refractivity contribution is 5.94. The van der Waals surface area contributed by atoms with Gasteiger partial charge in [0.05, 0.1) is 14.2 Å².